The molecule has 0 aliphatic carbocycles. The van der Waals surface area contributed by atoms with Gasteiger partial charge >= 0.3 is 11.4 Å². The van der Waals surface area contributed by atoms with Crippen LogP contribution in [0.4, 0.5) is 11.4 Å². The monoisotopic (exact) mass is 322 g/mol. The molecule has 0 radical (unpaired) electrons. The van der Waals surface area contributed by atoms with Crippen molar-refractivity contribution in [1.29, 1.82) is 0 Å². The highest BCUT2D eigenvalue weighted by Crippen LogP contribution is 2.31. The van der Waals surface area contributed by atoms with Gasteiger partial charge in [-0.3, -0.25) is 25.0 Å². The predicted octanol–water partition coefficient (Wildman–Crippen LogP) is 2.78. The molecule has 0 aliphatic rings. The van der Waals surface area contributed by atoms with Gasteiger partial charge in [-0.2, -0.15) is 0 Å². The van der Waals surface area contributed by atoms with E-state index in [-0.39, 0.29) is 16.5 Å². The molecule has 0 bridgehead atoms. The van der Waals surface area contributed by atoms with Gasteiger partial charge in [0.25, 0.3) is 5.24 Å². The van der Waals surface area contributed by atoms with Crippen LogP contribution in [0, 0.1) is 20.2 Å². The van der Waals surface area contributed by atoms with Crippen molar-refractivity contribution >= 4 is 44.1 Å². The maximum atomic E-state index is 11.0. The first-order valence-corrected chi connectivity index (χ1v) is 5.60. The summed E-state index contributed by atoms with van der Waals surface area (Å²) in [6, 6.07) is 1.77. The fourth-order valence-corrected chi connectivity index (χ4v) is 1.85. The average Bonchev–Trinajstić information content (AvgIpc) is 2.26. The Balaban J connectivity index is 3.59. The first-order valence-electron chi connectivity index (χ1n) is 4.10. The molecule has 90 valence electrons. The van der Waals surface area contributed by atoms with Crippen LogP contribution in [-0.4, -0.2) is 15.1 Å². The number of halogens is 2. The summed E-state index contributed by atoms with van der Waals surface area (Å²) in [4.78, 5) is 30.5. The van der Waals surface area contributed by atoms with E-state index < -0.39 is 26.5 Å². The van der Waals surface area contributed by atoms with Crippen LogP contribution in [0.15, 0.2) is 12.1 Å². The van der Waals surface area contributed by atoms with E-state index in [1.54, 1.807) is 0 Å². The zero-order valence-electron chi connectivity index (χ0n) is 8.05. The van der Waals surface area contributed by atoms with Crippen molar-refractivity contribution in [1.82, 2.24) is 0 Å². The van der Waals surface area contributed by atoms with Gasteiger partial charge in [0.15, 0.2) is 0 Å². The van der Waals surface area contributed by atoms with Crippen LogP contribution in [-0.2, 0) is 5.33 Å². The van der Waals surface area contributed by atoms with E-state index in [0.29, 0.717) is 0 Å². The lowest BCUT2D eigenvalue weighted by atomic mass is 10.1. The summed E-state index contributed by atoms with van der Waals surface area (Å²) in [7, 11) is 0. The van der Waals surface area contributed by atoms with Crippen LogP contribution in [0.25, 0.3) is 0 Å². The summed E-state index contributed by atoms with van der Waals surface area (Å²) in [5.74, 6) is 0. The molecule has 0 fully saturated rings. The molecular formula is C8H4BrClN2O5. The van der Waals surface area contributed by atoms with Crippen molar-refractivity contribution in [2.24, 2.45) is 0 Å². The third-order valence-corrected chi connectivity index (χ3v) is 2.76. The largest absolute Gasteiger partial charge is 0.346 e. The quantitative estimate of drug-likeness (QED) is 0.367. The molecule has 17 heavy (non-hydrogen) atoms. The second kappa shape index (κ2) is 5.19. The SMILES string of the molecule is O=C(Cl)c1cc([N+](=O)[O-])c([N+](=O)[O-])cc1CBr. The van der Waals surface area contributed by atoms with E-state index in [9.17, 15) is 25.0 Å². The molecule has 1 aromatic rings. The van der Waals surface area contributed by atoms with Gasteiger partial charge in [0.1, 0.15) is 0 Å². The highest BCUT2D eigenvalue weighted by molar-refractivity contribution is 9.08. The molecule has 0 aliphatic heterocycles. The minimum Gasteiger partial charge on any atom is -0.276 e. The molecule has 0 spiro atoms. The summed E-state index contributed by atoms with van der Waals surface area (Å²) in [5.41, 5.74) is -1.34. The van der Waals surface area contributed by atoms with Crippen molar-refractivity contribution in [3.8, 4) is 0 Å². The average molecular weight is 323 g/mol. The number of nitro benzene ring substituents is 2. The number of nitro groups is 2. The second-order valence-electron chi connectivity index (χ2n) is 2.92. The third-order valence-electron chi connectivity index (χ3n) is 1.95. The Bertz CT molecular complexity index is 519. The number of hydrogen-bond acceptors (Lipinski definition) is 5. The van der Waals surface area contributed by atoms with E-state index in [1.165, 1.54) is 0 Å². The van der Waals surface area contributed by atoms with Crippen LogP contribution < -0.4 is 0 Å². The fourth-order valence-electron chi connectivity index (χ4n) is 1.21. The molecule has 9 heteroatoms. The standard InChI is InChI=1S/C8H4BrClN2O5/c9-3-4-1-6(11(14)15)7(12(16)17)2-5(4)8(10)13/h1-2H,3H2. The molecule has 0 saturated carbocycles. The Labute approximate surface area is 108 Å². The van der Waals surface area contributed by atoms with Gasteiger partial charge < -0.3 is 0 Å². The van der Waals surface area contributed by atoms with Crippen molar-refractivity contribution in [2.45, 2.75) is 5.33 Å². The summed E-state index contributed by atoms with van der Waals surface area (Å²) in [6.45, 7) is 0. The van der Waals surface area contributed by atoms with Crippen molar-refractivity contribution < 1.29 is 14.6 Å². The minimum absolute atomic E-state index is 0.124. The van der Waals surface area contributed by atoms with Gasteiger partial charge in [-0.15, -0.1) is 0 Å². The smallest absolute Gasteiger partial charge is 0.276 e. The second-order valence-corrected chi connectivity index (χ2v) is 3.82. The van der Waals surface area contributed by atoms with Crippen molar-refractivity contribution in [3.63, 3.8) is 0 Å². The molecule has 1 rings (SSSR count). The van der Waals surface area contributed by atoms with Gasteiger partial charge in [-0.1, -0.05) is 15.9 Å². The van der Waals surface area contributed by atoms with Gasteiger partial charge in [-0.05, 0) is 17.2 Å². The van der Waals surface area contributed by atoms with E-state index in [4.69, 9.17) is 11.6 Å². The number of benzene rings is 1. The van der Waals surface area contributed by atoms with Gasteiger partial charge in [0.2, 0.25) is 0 Å². The number of carbonyl (C=O) groups excluding carboxylic acids is 1. The van der Waals surface area contributed by atoms with Gasteiger partial charge in [0, 0.05) is 23.0 Å². The van der Waals surface area contributed by atoms with Crippen LogP contribution in [0.5, 0.6) is 0 Å². The number of rotatable bonds is 4. The first kappa shape index (κ1) is 13.5. The highest BCUT2D eigenvalue weighted by Gasteiger charge is 2.28. The fraction of sp³-hybridized carbons (Fsp3) is 0.125. The molecule has 0 aromatic heterocycles. The Morgan fingerprint density at radius 2 is 1.71 bits per heavy atom. The minimum atomic E-state index is -0.931. The van der Waals surface area contributed by atoms with Crippen LogP contribution in [0.2, 0.25) is 0 Å². The number of carbonyl (C=O) groups is 1. The Morgan fingerprint density at radius 3 is 2.06 bits per heavy atom. The molecule has 0 atom stereocenters. The summed E-state index contributed by atoms with van der Waals surface area (Å²) in [5, 5.41) is 20.5. The molecule has 0 unspecified atom stereocenters. The lowest BCUT2D eigenvalue weighted by Gasteiger charge is -2.03. The predicted molar refractivity (Wildman–Crippen MR) is 62.6 cm³/mol. The van der Waals surface area contributed by atoms with E-state index >= 15 is 0 Å². The lowest BCUT2D eigenvalue weighted by molar-refractivity contribution is -0.422. The van der Waals surface area contributed by atoms with E-state index in [2.05, 4.69) is 15.9 Å². The molecule has 7 nitrogen and oxygen atoms in total. The Hall–Kier alpha value is -1.54. The van der Waals surface area contributed by atoms with Gasteiger partial charge in [0.05, 0.1) is 9.85 Å². The number of alkyl halides is 1. The molecule has 0 amide bonds. The van der Waals surface area contributed by atoms with Gasteiger partial charge in [-0.25, -0.2) is 0 Å². The number of nitrogens with zero attached hydrogens (tertiary/aromatic N) is 2. The zero-order chi connectivity index (χ0) is 13.2. The molecule has 1 aromatic carbocycles. The molecule has 0 heterocycles. The van der Waals surface area contributed by atoms with Crippen LogP contribution in [0.1, 0.15) is 15.9 Å². The maximum absolute atomic E-state index is 11.0. The molecular weight excluding hydrogens is 319 g/mol. The van der Waals surface area contributed by atoms with Crippen LogP contribution >= 0.6 is 27.5 Å². The first-order chi connectivity index (χ1) is 7.88. The van der Waals surface area contributed by atoms with E-state index in [0.717, 1.165) is 12.1 Å². The summed E-state index contributed by atoms with van der Waals surface area (Å²) >= 11 is 8.26. The third kappa shape index (κ3) is 2.77. The Kier molecular flexibility index (Phi) is 4.13. The molecule has 0 N–H and O–H groups in total. The highest BCUT2D eigenvalue weighted by atomic mass is 79.9. The topological polar surface area (TPSA) is 103 Å². The van der Waals surface area contributed by atoms with Crippen molar-refractivity contribution in [2.75, 3.05) is 0 Å². The van der Waals surface area contributed by atoms with Crippen LogP contribution in [0.3, 0.4) is 0 Å². The van der Waals surface area contributed by atoms with Crippen molar-refractivity contribution in [3.05, 3.63) is 43.5 Å². The Morgan fingerprint density at radius 1 is 1.24 bits per heavy atom. The summed E-state index contributed by atoms with van der Waals surface area (Å²) in [6.07, 6.45) is 0. The summed E-state index contributed by atoms with van der Waals surface area (Å²) < 4.78 is 0. The van der Waals surface area contributed by atoms with E-state index in [1.807, 2.05) is 0 Å². The lowest BCUT2D eigenvalue weighted by Crippen LogP contribution is -2.02. The normalized spacial score (nSPS) is 10.0. The maximum Gasteiger partial charge on any atom is 0.346 e. The number of hydrogen-bond donors (Lipinski definition) is 0. The molecule has 0 saturated heterocycles. The zero-order valence-corrected chi connectivity index (χ0v) is 10.4.